The molecule has 20 heavy (non-hydrogen) atoms. The van der Waals surface area contributed by atoms with Gasteiger partial charge >= 0.3 is 0 Å². The highest BCUT2D eigenvalue weighted by Crippen LogP contribution is 2.39. The number of likely N-dealkylation sites (N-methyl/N-ethyl adjacent to an activating group) is 1. The zero-order chi connectivity index (χ0) is 14.8. The molecule has 1 aliphatic carbocycles. The monoisotopic (exact) mass is 282 g/mol. The number of nitrogens with two attached hydrogens (primary N) is 1. The van der Waals surface area contributed by atoms with Crippen LogP contribution in [0.5, 0.6) is 0 Å². The Morgan fingerprint density at radius 1 is 1.25 bits per heavy atom. The van der Waals surface area contributed by atoms with Crippen molar-refractivity contribution in [2.75, 3.05) is 46.8 Å². The summed E-state index contributed by atoms with van der Waals surface area (Å²) in [5.74, 6) is 0. The molecule has 0 aromatic rings. The van der Waals surface area contributed by atoms with Crippen molar-refractivity contribution in [3.05, 3.63) is 0 Å². The van der Waals surface area contributed by atoms with E-state index in [1.807, 2.05) is 0 Å². The second-order valence-corrected chi connectivity index (χ2v) is 7.12. The highest BCUT2D eigenvalue weighted by Gasteiger charge is 2.48. The zero-order valence-electron chi connectivity index (χ0n) is 13.9. The molecule has 2 rings (SSSR count). The van der Waals surface area contributed by atoms with E-state index in [4.69, 9.17) is 5.73 Å². The summed E-state index contributed by atoms with van der Waals surface area (Å²) < 4.78 is 0. The Morgan fingerprint density at radius 3 is 2.45 bits per heavy atom. The summed E-state index contributed by atoms with van der Waals surface area (Å²) in [4.78, 5) is 7.66. The van der Waals surface area contributed by atoms with E-state index in [1.54, 1.807) is 0 Å². The first-order valence-electron chi connectivity index (χ1n) is 8.38. The van der Waals surface area contributed by atoms with E-state index in [0.29, 0.717) is 6.04 Å². The molecule has 0 amide bonds. The van der Waals surface area contributed by atoms with Crippen LogP contribution in [0, 0.1) is 0 Å². The van der Waals surface area contributed by atoms with E-state index in [2.05, 4.69) is 42.6 Å². The normalized spacial score (nSPS) is 31.6. The van der Waals surface area contributed by atoms with Crippen molar-refractivity contribution in [3.8, 4) is 0 Å². The molecule has 0 spiro atoms. The van der Waals surface area contributed by atoms with Crippen molar-refractivity contribution in [2.45, 2.75) is 57.2 Å². The van der Waals surface area contributed by atoms with Gasteiger partial charge in [0.2, 0.25) is 0 Å². The first-order valence-corrected chi connectivity index (χ1v) is 8.38. The molecule has 4 heteroatoms. The van der Waals surface area contributed by atoms with Gasteiger partial charge in [-0.2, -0.15) is 0 Å². The molecule has 0 aromatic carbocycles. The van der Waals surface area contributed by atoms with Crippen LogP contribution >= 0.6 is 0 Å². The van der Waals surface area contributed by atoms with Crippen molar-refractivity contribution >= 4 is 0 Å². The van der Waals surface area contributed by atoms with Gasteiger partial charge < -0.3 is 10.6 Å². The Morgan fingerprint density at radius 2 is 1.95 bits per heavy atom. The average Bonchev–Trinajstić information content (AvgIpc) is 3.19. The van der Waals surface area contributed by atoms with Gasteiger partial charge in [0.15, 0.2) is 0 Å². The second kappa shape index (κ2) is 6.73. The molecular weight excluding hydrogens is 248 g/mol. The van der Waals surface area contributed by atoms with Gasteiger partial charge in [0.25, 0.3) is 0 Å². The van der Waals surface area contributed by atoms with Gasteiger partial charge in [0.05, 0.1) is 0 Å². The van der Waals surface area contributed by atoms with Crippen molar-refractivity contribution in [2.24, 2.45) is 5.73 Å². The standard InChI is InChI=1S/C16H34N4/c1-5-19(10-6-9-18(3)4)16(12-17)11-14(2)20(13-16)15-7-8-15/h14-15H,5-13,17H2,1-4H3. The first kappa shape index (κ1) is 16.2. The van der Waals surface area contributed by atoms with Gasteiger partial charge in [-0.25, -0.2) is 0 Å². The Hall–Kier alpha value is -0.160. The number of likely N-dealkylation sites (tertiary alicyclic amines) is 1. The summed E-state index contributed by atoms with van der Waals surface area (Å²) in [5.41, 5.74) is 6.47. The van der Waals surface area contributed by atoms with Gasteiger partial charge in [0, 0.05) is 30.7 Å². The molecule has 2 fully saturated rings. The maximum absolute atomic E-state index is 6.24. The lowest BCUT2D eigenvalue weighted by Gasteiger charge is -2.40. The van der Waals surface area contributed by atoms with Gasteiger partial charge in [-0.15, -0.1) is 0 Å². The third-order valence-electron chi connectivity index (χ3n) is 5.20. The lowest BCUT2D eigenvalue weighted by molar-refractivity contribution is 0.0992. The molecule has 1 aliphatic heterocycles. The minimum atomic E-state index is 0.225. The van der Waals surface area contributed by atoms with Crippen LogP contribution < -0.4 is 5.73 Å². The molecule has 1 saturated heterocycles. The summed E-state index contributed by atoms with van der Waals surface area (Å²) in [6.45, 7) is 10.1. The maximum Gasteiger partial charge on any atom is 0.0473 e. The maximum atomic E-state index is 6.24. The highest BCUT2D eigenvalue weighted by atomic mass is 15.3. The quantitative estimate of drug-likeness (QED) is 0.726. The largest absolute Gasteiger partial charge is 0.329 e. The average molecular weight is 282 g/mol. The summed E-state index contributed by atoms with van der Waals surface area (Å²) >= 11 is 0. The van der Waals surface area contributed by atoms with E-state index in [9.17, 15) is 0 Å². The highest BCUT2D eigenvalue weighted by molar-refractivity contribution is 5.06. The van der Waals surface area contributed by atoms with Crippen molar-refractivity contribution < 1.29 is 0 Å². The number of hydrogen-bond acceptors (Lipinski definition) is 4. The van der Waals surface area contributed by atoms with Crippen molar-refractivity contribution in [1.82, 2.24) is 14.7 Å². The van der Waals surface area contributed by atoms with Crippen LogP contribution in [0.25, 0.3) is 0 Å². The molecule has 0 bridgehead atoms. The predicted octanol–water partition coefficient (Wildman–Crippen LogP) is 1.21. The topological polar surface area (TPSA) is 35.7 Å². The van der Waals surface area contributed by atoms with E-state index in [1.165, 1.54) is 45.3 Å². The van der Waals surface area contributed by atoms with Crippen LogP contribution in [0.4, 0.5) is 0 Å². The summed E-state index contributed by atoms with van der Waals surface area (Å²) in [5, 5.41) is 0. The fourth-order valence-electron chi connectivity index (χ4n) is 3.94. The summed E-state index contributed by atoms with van der Waals surface area (Å²) in [6.07, 6.45) is 5.28. The second-order valence-electron chi connectivity index (χ2n) is 7.12. The Balaban J connectivity index is 1.97. The summed E-state index contributed by atoms with van der Waals surface area (Å²) in [6, 6.07) is 1.56. The first-order chi connectivity index (χ1) is 9.52. The van der Waals surface area contributed by atoms with Crippen molar-refractivity contribution in [1.29, 1.82) is 0 Å². The van der Waals surface area contributed by atoms with E-state index >= 15 is 0 Å². The van der Waals surface area contributed by atoms with E-state index < -0.39 is 0 Å². The minimum absolute atomic E-state index is 0.225. The molecule has 0 radical (unpaired) electrons. The molecule has 4 nitrogen and oxygen atoms in total. The lowest BCUT2D eigenvalue weighted by atomic mass is 9.93. The Labute approximate surface area is 125 Å². The van der Waals surface area contributed by atoms with Gasteiger partial charge in [-0.1, -0.05) is 6.92 Å². The number of nitrogens with zero attached hydrogens (tertiary/aromatic N) is 3. The predicted molar refractivity (Wildman–Crippen MR) is 86.0 cm³/mol. The van der Waals surface area contributed by atoms with Crippen LogP contribution in [0.3, 0.4) is 0 Å². The fourth-order valence-corrected chi connectivity index (χ4v) is 3.94. The molecule has 2 atom stereocenters. The molecule has 2 N–H and O–H groups in total. The summed E-state index contributed by atoms with van der Waals surface area (Å²) in [7, 11) is 4.31. The van der Waals surface area contributed by atoms with Crippen LogP contribution in [-0.2, 0) is 0 Å². The van der Waals surface area contributed by atoms with E-state index in [0.717, 1.165) is 19.1 Å². The van der Waals surface area contributed by atoms with Crippen molar-refractivity contribution in [3.63, 3.8) is 0 Å². The van der Waals surface area contributed by atoms with Crippen LogP contribution in [0.1, 0.15) is 39.5 Å². The molecule has 1 heterocycles. The van der Waals surface area contributed by atoms with Gasteiger partial charge in [0.1, 0.15) is 0 Å². The Kier molecular flexibility index (Phi) is 5.46. The molecule has 1 saturated carbocycles. The van der Waals surface area contributed by atoms with Crippen LogP contribution in [-0.4, -0.2) is 79.1 Å². The SMILES string of the molecule is CCN(CCCN(C)C)C1(CN)CC(C)N(C2CC2)C1. The Bertz CT molecular complexity index is 303. The van der Waals surface area contributed by atoms with E-state index in [-0.39, 0.29) is 5.54 Å². The number of hydrogen-bond donors (Lipinski definition) is 1. The minimum Gasteiger partial charge on any atom is -0.329 e. The molecular formula is C16H34N4. The third kappa shape index (κ3) is 3.53. The molecule has 118 valence electrons. The molecule has 2 aliphatic rings. The third-order valence-corrected chi connectivity index (χ3v) is 5.20. The van der Waals surface area contributed by atoms with Gasteiger partial charge in [-0.05, 0) is 66.3 Å². The van der Waals surface area contributed by atoms with Crippen LogP contribution in [0.2, 0.25) is 0 Å². The number of rotatable bonds is 8. The smallest absolute Gasteiger partial charge is 0.0473 e. The van der Waals surface area contributed by atoms with Gasteiger partial charge in [-0.3, -0.25) is 9.80 Å². The molecule has 2 unspecified atom stereocenters. The zero-order valence-corrected chi connectivity index (χ0v) is 13.9. The van der Waals surface area contributed by atoms with Crippen LogP contribution in [0.15, 0.2) is 0 Å². The fraction of sp³-hybridized carbons (Fsp3) is 1.00. The lowest BCUT2D eigenvalue weighted by Crippen LogP contribution is -2.56. The molecule has 0 aromatic heterocycles.